The summed E-state index contributed by atoms with van der Waals surface area (Å²) in [6, 6.07) is 3.68. The van der Waals surface area contributed by atoms with E-state index < -0.39 is 5.24 Å². The van der Waals surface area contributed by atoms with Gasteiger partial charge in [0.25, 0.3) is 5.24 Å². The standard InChI is InChI=1S/C16H21ClN2O3/c1-10(12(3)22-9-8-21-4)19-11(2)14(15(17)20)13-6-5-7-18-16(13)19/h5-7,10,12H,8-9H2,1-4H3. The first-order valence-electron chi connectivity index (χ1n) is 7.25. The highest BCUT2D eigenvalue weighted by atomic mass is 35.5. The van der Waals surface area contributed by atoms with Gasteiger partial charge in [0.1, 0.15) is 5.65 Å². The summed E-state index contributed by atoms with van der Waals surface area (Å²) < 4.78 is 12.8. The van der Waals surface area contributed by atoms with Crippen molar-refractivity contribution in [1.29, 1.82) is 0 Å². The van der Waals surface area contributed by atoms with Crippen LogP contribution in [0.25, 0.3) is 11.0 Å². The molecule has 2 aromatic rings. The van der Waals surface area contributed by atoms with Gasteiger partial charge in [-0.1, -0.05) is 0 Å². The maximum Gasteiger partial charge on any atom is 0.254 e. The molecule has 0 aromatic carbocycles. The fraction of sp³-hybridized carbons (Fsp3) is 0.500. The lowest BCUT2D eigenvalue weighted by Crippen LogP contribution is -2.24. The lowest BCUT2D eigenvalue weighted by molar-refractivity contribution is 0.00436. The molecule has 6 heteroatoms. The number of hydrogen-bond acceptors (Lipinski definition) is 4. The minimum Gasteiger partial charge on any atom is -0.382 e. The number of methoxy groups -OCH3 is 1. The lowest BCUT2D eigenvalue weighted by atomic mass is 10.2. The van der Waals surface area contributed by atoms with Gasteiger partial charge >= 0.3 is 0 Å². The van der Waals surface area contributed by atoms with Gasteiger partial charge in [-0.3, -0.25) is 4.79 Å². The number of carbonyl (C=O) groups is 1. The number of rotatable bonds is 7. The van der Waals surface area contributed by atoms with Gasteiger partial charge < -0.3 is 14.0 Å². The van der Waals surface area contributed by atoms with E-state index in [1.807, 2.05) is 31.4 Å². The number of pyridine rings is 1. The van der Waals surface area contributed by atoms with Crippen LogP contribution in [0.4, 0.5) is 0 Å². The summed E-state index contributed by atoms with van der Waals surface area (Å²) in [5, 5.41) is 0.311. The second-order valence-corrected chi connectivity index (χ2v) is 5.63. The highest BCUT2D eigenvalue weighted by molar-refractivity contribution is 6.68. The summed E-state index contributed by atoms with van der Waals surface area (Å²) in [7, 11) is 1.64. The predicted molar refractivity (Wildman–Crippen MR) is 86.7 cm³/mol. The molecule has 5 nitrogen and oxygen atoms in total. The van der Waals surface area contributed by atoms with Crippen molar-refractivity contribution >= 4 is 27.9 Å². The Morgan fingerprint density at radius 3 is 2.77 bits per heavy atom. The second kappa shape index (κ2) is 7.22. The summed E-state index contributed by atoms with van der Waals surface area (Å²) in [5.41, 5.74) is 2.07. The van der Waals surface area contributed by atoms with E-state index in [0.29, 0.717) is 18.8 Å². The van der Waals surface area contributed by atoms with E-state index in [9.17, 15) is 4.79 Å². The molecule has 2 heterocycles. The van der Waals surface area contributed by atoms with Gasteiger partial charge in [-0.15, -0.1) is 0 Å². The van der Waals surface area contributed by atoms with Gasteiger partial charge in [-0.05, 0) is 44.5 Å². The van der Waals surface area contributed by atoms with Crippen molar-refractivity contribution in [3.63, 3.8) is 0 Å². The molecule has 0 aliphatic heterocycles. The molecule has 0 N–H and O–H groups in total. The normalized spacial score (nSPS) is 14.2. The summed E-state index contributed by atoms with van der Waals surface area (Å²) in [4.78, 5) is 16.2. The Labute approximate surface area is 135 Å². The van der Waals surface area contributed by atoms with E-state index in [1.165, 1.54) is 0 Å². The van der Waals surface area contributed by atoms with Crippen LogP contribution in [-0.4, -0.2) is 41.2 Å². The van der Waals surface area contributed by atoms with Crippen molar-refractivity contribution in [2.45, 2.75) is 32.9 Å². The van der Waals surface area contributed by atoms with Crippen LogP contribution in [0.3, 0.4) is 0 Å². The summed E-state index contributed by atoms with van der Waals surface area (Å²) in [6.45, 7) is 6.99. The molecule has 2 atom stereocenters. The number of carbonyl (C=O) groups excluding carboxylic acids is 1. The second-order valence-electron chi connectivity index (χ2n) is 5.29. The first kappa shape index (κ1) is 16.9. The van der Waals surface area contributed by atoms with Gasteiger partial charge in [-0.2, -0.15) is 0 Å². The summed E-state index contributed by atoms with van der Waals surface area (Å²) in [5.74, 6) is 0. The van der Waals surface area contributed by atoms with E-state index >= 15 is 0 Å². The highest BCUT2D eigenvalue weighted by Crippen LogP contribution is 2.30. The molecule has 0 spiro atoms. The molecule has 0 fully saturated rings. The van der Waals surface area contributed by atoms with Crippen molar-refractivity contribution in [1.82, 2.24) is 9.55 Å². The van der Waals surface area contributed by atoms with Crippen LogP contribution >= 0.6 is 11.6 Å². The van der Waals surface area contributed by atoms with Gasteiger partial charge in [-0.25, -0.2) is 4.98 Å². The third-order valence-electron chi connectivity index (χ3n) is 3.96. The Morgan fingerprint density at radius 1 is 1.41 bits per heavy atom. The number of halogens is 1. The van der Waals surface area contributed by atoms with Crippen molar-refractivity contribution in [2.24, 2.45) is 0 Å². The van der Waals surface area contributed by atoms with Crippen LogP contribution in [0.1, 0.15) is 35.9 Å². The summed E-state index contributed by atoms with van der Waals surface area (Å²) in [6.07, 6.45) is 1.66. The van der Waals surface area contributed by atoms with Crippen molar-refractivity contribution in [3.05, 3.63) is 29.6 Å². The van der Waals surface area contributed by atoms with Crippen LogP contribution in [-0.2, 0) is 9.47 Å². The zero-order valence-electron chi connectivity index (χ0n) is 13.3. The van der Waals surface area contributed by atoms with Crippen molar-refractivity contribution in [2.75, 3.05) is 20.3 Å². The van der Waals surface area contributed by atoms with Gasteiger partial charge in [0.15, 0.2) is 0 Å². The fourth-order valence-electron chi connectivity index (χ4n) is 2.67. The minimum atomic E-state index is -0.464. The maximum atomic E-state index is 11.8. The van der Waals surface area contributed by atoms with Gasteiger partial charge in [0, 0.05) is 24.4 Å². The molecule has 2 unspecified atom stereocenters. The van der Waals surface area contributed by atoms with Crippen LogP contribution in [0.15, 0.2) is 18.3 Å². The third kappa shape index (κ3) is 3.16. The molecular formula is C16H21ClN2O3. The Kier molecular flexibility index (Phi) is 5.56. The van der Waals surface area contributed by atoms with Crippen LogP contribution < -0.4 is 0 Å². The van der Waals surface area contributed by atoms with E-state index in [0.717, 1.165) is 16.7 Å². The van der Waals surface area contributed by atoms with E-state index in [4.69, 9.17) is 21.1 Å². The molecule has 0 saturated heterocycles. The minimum absolute atomic E-state index is 0.0130. The van der Waals surface area contributed by atoms with E-state index in [2.05, 4.69) is 4.98 Å². The zero-order chi connectivity index (χ0) is 16.3. The van der Waals surface area contributed by atoms with E-state index in [1.54, 1.807) is 19.4 Å². The first-order valence-corrected chi connectivity index (χ1v) is 7.62. The predicted octanol–water partition coefficient (Wildman–Crippen LogP) is 3.34. The Morgan fingerprint density at radius 2 is 2.14 bits per heavy atom. The van der Waals surface area contributed by atoms with Crippen LogP contribution in [0.2, 0.25) is 0 Å². The largest absolute Gasteiger partial charge is 0.382 e. The molecule has 0 aliphatic carbocycles. The topological polar surface area (TPSA) is 53.4 Å². The summed E-state index contributed by atoms with van der Waals surface area (Å²) >= 11 is 5.76. The third-order valence-corrected chi connectivity index (χ3v) is 4.15. The Balaban J connectivity index is 2.42. The molecule has 2 rings (SSSR count). The molecule has 0 aliphatic rings. The average Bonchev–Trinajstić information content (AvgIpc) is 2.78. The van der Waals surface area contributed by atoms with E-state index in [-0.39, 0.29) is 12.1 Å². The number of nitrogens with zero attached hydrogens (tertiary/aromatic N) is 2. The molecule has 2 aromatic heterocycles. The van der Waals surface area contributed by atoms with Crippen LogP contribution in [0, 0.1) is 6.92 Å². The van der Waals surface area contributed by atoms with Crippen molar-refractivity contribution < 1.29 is 14.3 Å². The fourth-order valence-corrected chi connectivity index (χ4v) is 2.91. The number of fused-ring (bicyclic) bond motifs is 1. The molecule has 0 amide bonds. The maximum absolute atomic E-state index is 11.8. The number of hydrogen-bond donors (Lipinski definition) is 0. The molecule has 0 bridgehead atoms. The average molecular weight is 325 g/mol. The molecule has 120 valence electrons. The highest BCUT2D eigenvalue weighted by Gasteiger charge is 2.25. The Bertz CT molecular complexity index is 669. The first-order chi connectivity index (χ1) is 10.5. The molecule has 0 radical (unpaired) electrons. The molecule has 0 saturated carbocycles. The number of aromatic nitrogens is 2. The number of ether oxygens (including phenoxy) is 2. The lowest BCUT2D eigenvalue weighted by Gasteiger charge is -2.24. The van der Waals surface area contributed by atoms with Crippen LogP contribution in [0.5, 0.6) is 0 Å². The van der Waals surface area contributed by atoms with Crippen molar-refractivity contribution in [3.8, 4) is 0 Å². The van der Waals surface area contributed by atoms with Gasteiger partial charge in [0.05, 0.1) is 30.9 Å². The van der Waals surface area contributed by atoms with Gasteiger partial charge in [0.2, 0.25) is 0 Å². The molecular weight excluding hydrogens is 304 g/mol. The smallest absolute Gasteiger partial charge is 0.254 e. The quantitative estimate of drug-likeness (QED) is 0.579. The SMILES string of the molecule is COCCOC(C)C(C)n1c(C)c(C(=O)Cl)c2cccnc21. The zero-order valence-corrected chi connectivity index (χ0v) is 14.1. The Hall–Kier alpha value is -1.43. The molecule has 22 heavy (non-hydrogen) atoms. The monoisotopic (exact) mass is 324 g/mol.